The van der Waals surface area contributed by atoms with Crippen LogP contribution in [0.15, 0.2) is 65.6 Å². The molecular weight excluding hydrogens is 424 g/mol. The molecule has 5 nitrogen and oxygen atoms in total. The van der Waals surface area contributed by atoms with E-state index in [0.29, 0.717) is 18.4 Å². The monoisotopic (exact) mass is 444 g/mol. The van der Waals surface area contributed by atoms with Crippen LogP contribution in [-0.4, -0.2) is 34.2 Å². The zero-order valence-corrected chi connectivity index (χ0v) is 17.3. The van der Waals surface area contributed by atoms with Gasteiger partial charge in [-0.15, -0.1) is 0 Å². The summed E-state index contributed by atoms with van der Waals surface area (Å²) in [4.78, 5) is 23.5. The maximum absolute atomic E-state index is 14.5. The van der Waals surface area contributed by atoms with Crippen LogP contribution in [0.4, 0.5) is 17.6 Å². The number of aromatic nitrogens is 1. The van der Waals surface area contributed by atoms with Gasteiger partial charge in [-0.1, -0.05) is 12.1 Å². The number of halogens is 4. The normalized spacial score (nSPS) is 19.0. The Bertz CT molecular complexity index is 1140. The Morgan fingerprint density at radius 3 is 2.62 bits per heavy atom. The third kappa shape index (κ3) is 4.02. The second kappa shape index (κ2) is 8.22. The minimum Gasteiger partial charge on any atom is -0.345 e. The standard InChI is InChI=1S/C23H20F4N4O/c1-13-11-29-21-18(10-16(12-31(13)21)15-6-8-28-9-7-15)22(32)30-14(2)17-4-3-5-19(20(17)24)23(25,26)27/h3-10,12-14H,11H2,1-2H3,(H,30,32)/t13-,14+/m0/s1. The molecule has 1 aromatic carbocycles. The number of aliphatic imine (C=N–C) groups is 1. The van der Waals surface area contributed by atoms with E-state index in [0.717, 1.165) is 17.2 Å². The van der Waals surface area contributed by atoms with Crippen LogP contribution in [0.3, 0.4) is 0 Å². The number of nitrogens with zero attached hydrogens (tertiary/aromatic N) is 3. The molecule has 2 aliphatic rings. The minimum atomic E-state index is -4.82. The smallest absolute Gasteiger partial charge is 0.345 e. The molecule has 0 unspecified atom stereocenters. The predicted molar refractivity (Wildman–Crippen MR) is 112 cm³/mol. The van der Waals surface area contributed by atoms with Gasteiger partial charge in [-0.25, -0.2) is 4.39 Å². The topological polar surface area (TPSA) is 57.6 Å². The minimum absolute atomic E-state index is 0.0386. The molecule has 9 heteroatoms. The maximum atomic E-state index is 14.5. The Morgan fingerprint density at radius 1 is 1.22 bits per heavy atom. The summed E-state index contributed by atoms with van der Waals surface area (Å²) in [5.74, 6) is -1.47. The third-order valence-corrected chi connectivity index (χ3v) is 5.45. The first kappa shape index (κ1) is 21.7. The van der Waals surface area contributed by atoms with Crippen molar-refractivity contribution in [3.63, 3.8) is 0 Å². The highest BCUT2D eigenvalue weighted by molar-refractivity contribution is 6.24. The average molecular weight is 444 g/mol. The van der Waals surface area contributed by atoms with E-state index in [-0.39, 0.29) is 17.2 Å². The van der Waals surface area contributed by atoms with E-state index in [2.05, 4.69) is 15.3 Å². The van der Waals surface area contributed by atoms with Gasteiger partial charge in [0.25, 0.3) is 5.91 Å². The van der Waals surface area contributed by atoms with E-state index >= 15 is 0 Å². The van der Waals surface area contributed by atoms with E-state index in [4.69, 9.17) is 0 Å². The summed E-state index contributed by atoms with van der Waals surface area (Å²) in [6.07, 6.45) is 2.03. The lowest BCUT2D eigenvalue weighted by atomic mass is 9.99. The first-order chi connectivity index (χ1) is 15.2. The quantitative estimate of drug-likeness (QED) is 0.707. The molecule has 0 spiro atoms. The van der Waals surface area contributed by atoms with Crippen molar-refractivity contribution in [3.05, 3.63) is 83.1 Å². The molecule has 0 fully saturated rings. The molecule has 4 rings (SSSR count). The van der Waals surface area contributed by atoms with Gasteiger partial charge in [0.05, 0.1) is 29.8 Å². The molecule has 0 saturated carbocycles. The predicted octanol–water partition coefficient (Wildman–Crippen LogP) is 4.50. The molecule has 166 valence electrons. The van der Waals surface area contributed by atoms with Crippen LogP contribution in [0.2, 0.25) is 0 Å². The molecule has 0 bridgehead atoms. The fourth-order valence-electron chi connectivity index (χ4n) is 3.74. The van der Waals surface area contributed by atoms with Crippen LogP contribution in [-0.2, 0) is 11.0 Å². The van der Waals surface area contributed by atoms with Gasteiger partial charge in [-0.2, -0.15) is 13.2 Å². The molecule has 3 heterocycles. The highest BCUT2D eigenvalue weighted by atomic mass is 19.4. The SMILES string of the molecule is C[C@@H](NC(=O)C1=CC(c2ccncc2)=CN2C1=NC[C@@H]2C)c1cccc(C(F)(F)F)c1F. The Balaban J connectivity index is 1.64. The molecule has 1 N–H and O–H groups in total. The van der Waals surface area contributed by atoms with Crippen molar-refractivity contribution in [2.45, 2.75) is 32.1 Å². The first-order valence-corrected chi connectivity index (χ1v) is 10.0. The molecular formula is C23H20F4N4O. The summed E-state index contributed by atoms with van der Waals surface area (Å²) in [7, 11) is 0. The van der Waals surface area contributed by atoms with Crippen LogP contribution in [0.25, 0.3) is 5.57 Å². The summed E-state index contributed by atoms with van der Waals surface area (Å²) >= 11 is 0. The number of fused-ring (bicyclic) bond motifs is 1. The number of amidine groups is 1. The number of allylic oxidation sites excluding steroid dienone is 2. The van der Waals surface area contributed by atoms with Crippen molar-refractivity contribution in [1.29, 1.82) is 0 Å². The summed E-state index contributed by atoms with van der Waals surface area (Å²) < 4.78 is 53.7. The van der Waals surface area contributed by atoms with Gasteiger partial charge >= 0.3 is 6.18 Å². The molecule has 2 atom stereocenters. The fraction of sp³-hybridized carbons (Fsp3) is 0.261. The van der Waals surface area contributed by atoms with Crippen molar-refractivity contribution in [1.82, 2.24) is 15.2 Å². The van der Waals surface area contributed by atoms with Crippen LogP contribution >= 0.6 is 0 Å². The number of rotatable bonds is 4. The zero-order chi connectivity index (χ0) is 23.0. The van der Waals surface area contributed by atoms with E-state index in [1.165, 1.54) is 13.0 Å². The Hall–Kier alpha value is -3.49. The number of pyridine rings is 1. The first-order valence-electron chi connectivity index (χ1n) is 10.0. The summed E-state index contributed by atoms with van der Waals surface area (Å²) in [6.45, 7) is 3.91. The number of alkyl halides is 3. The van der Waals surface area contributed by atoms with Crippen LogP contribution in [0.1, 0.15) is 36.6 Å². The lowest BCUT2D eigenvalue weighted by molar-refractivity contribution is -0.140. The second-order valence-corrected chi connectivity index (χ2v) is 7.70. The summed E-state index contributed by atoms with van der Waals surface area (Å²) in [5, 5.41) is 2.62. The number of hydrogen-bond acceptors (Lipinski definition) is 4. The van der Waals surface area contributed by atoms with Gasteiger partial charge in [0, 0.05) is 24.2 Å². The highest BCUT2D eigenvalue weighted by Crippen LogP contribution is 2.34. The molecule has 0 saturated heterocycles. The molecule has 1 aromatic heterocycles. The van der Waals surface area contributed by atoms with Crippen LogP contribution in [0, 0.1) is 5.82 Å². The van der Waals surface area contributed by atoms with Crippen molar-refractivity contribution in [2.75, 3.05) is 6.54 Å². The molecule has 1 amide bonds. The van der Waals surface area contributed by atoms with Gasteiger partial charge in [-0.05, 0) is 49.3 Å². The average Bonchev–Trinajstić information content (AvgIpc) is 3.13. The summed E-state index contributed by atoms with van der Waals surface area (Å²) in [6, 6.07) is 5.69. The molecule has 0 radical (unpaired) electrons. The van der Waals surface area contributed by atoms with E-state index in [1.54, 1.807) is 30.6 Å². The van der Waals surface area contributed by atoms with Gasteiger partial charge in [-0.3, -0.25) is 14.8 Å². The van der Waals surface area contributed by atoms with E-state index < -0.39 is 29.5 Å². The highest BCUT2D eigenvalue weighted by Gasteiger charge is 2.36. The molecule has 2 aliphatic heterocycles. The van der Waals surface area contributed by atoms with Crippen molar-refractivity contribution in [3.8, 4) is 0 Å². The Labute approximate surface area is 182 Å². The third-order valence-electron chi connectivity index (χ3n) is 5.45. The van der Waals surface area contributed by atoms with Crippen LogP contribution in [0.5, 0.6) is 0 Å². The molecule has 0 aliphatic carbocycles. The maximum Gasteiger partial charge on any atom is 0.419 e. The van der Waals surface area contributed by atoms with Crippen molar-refractivity contribution >= 4 is 17.3 Å². The van der Waals surface area contributed by atoms with Crippen molar-refractivity contribution < 1.29 is 22.4 Å². The molecule has 32 heavy (non-hydrogen) atoms. The number of amides is 1. The van der Waals surface area contributed by atoms with Gasteiger partial charge in [0.2, 0.25) is 0 Å². The Morgan fingerprint density at radius 2 is 1.94 bits per heavy atom. The van der Waals surface area contributed by atoms with Crippen molar-refractivity contribution in [2.24, 2.45) is 4.99 Å². The Kier molecular flexibility index (Phi) is 5.58. The number of carbonyl (C=O) groups excluding carboxylic acids is 1. The number of carbonyl (C=O) groups is 1. The van der Waals surface area contributed by atoms with Crippen LogP contribution < -0.4 is 5.32 Å². The second-order valence-electron chi connectivity index (χ2n) is 7.70. The fourth-order valence-corrected chi connectivity index (χ4v) is 3.74. The number of nitrogens with one attached hydrogen (secondary N) is 1. The lowest BCUT2D eigenvalue weighted by Crippen LogP contribution is -2.39. The largest absolute Gasteiger partial charge is 0.419 e. The van der Waals surface area contributed by atoms with Gasteiger partial charge in [0.1, 0.15) is 11.7 Å². The van der Waals surface area contributed by atoms with E-state index in [1.807, 2.05) is 18.0 Å². The lowest BCUT2D eigenvalue weighted by Gasteiger charge is -2.28. The van der Waals surface area contributed by atoms with Gasteiger partial charge < -0.3 is 10.2 Å². The number of hydrogen-bond donors (Lipinski definition) is 1. The molecule has 2 aromatic rings. The van der Waals surface area contributed by atoms with E-state index in [9.17, 15) is 22.4 Å². The van der Waals surface area contributed by atoms with Gasteiger partial charge in [0.15, 0.2) is 0 Å². The summed E-state index contributed by atoms with van der Waals surface area (Å²) in [5.41, 5.74) is 0.274. The zero-order valence-electron chi connectivity index (χ0n) is 17.3. The number of benzene rings is 1.